The minimum absolute atomic E-state index is 0.352. The molecular formula is C17H14O2. The fourth-order valence-corrected chi connectivity index (χ4v) is 2.84. The van der Waals surface area contributed by atoms with Gasteiger partial charge in [-0.05, 0) is 11.1 Å². The van der Waals surface area contributed by atoms with Crippen molar-refractivity contribution in [2.45, 2.75) is 19.3 Å². The number of Topliss-reactive ketones (excluding diaryl/α,β-unsaturated/α-hetero) is 2. The standard InChI is InChI=1S/C17H14O2/c1-17(2)13-9-5-3-7-11(13)15(18)16(19)12-8-4-6-10-14(12)17/h3-10H,1-2H3. The quantitative estimate of drug-likeness (QED) is 0.672. The van der Waals surface area contributed by atoms with Crippen LogP contribution in [-0.4, -0.2) is 11.6 Å². The van der Waals surface area contributed by atoms with Crippen LogP contribution in [0.25, 0.3) is 0 Å². The molecule has 0 heterocycles. The number of carbonyl (C=O) groups excluding carboxylic acids is 2. The molecule has 3 rings (SSSR count). The molecule has 0 atom stereocenters. The average molecular weight is 250 g/mol. The van der Waals surface area contributed by atoms with E-state index in [-0.39, 0.29) is 5.41 Å². The molecule has 0 aromatic heterocycles. The first-order valence-electron chi connectivity index (χ1n) is 6.31. The number of rotatable bonds is 0. The molecular weight excluding hydrogens is 236 g/mol. The van der Waals surface area contributed by atoms with Gasteiger partial charge in [-0.15, -0.1) is 0 Å². The molecule has 0 N–H and O–H groups in total. The van der Waals surface area contributed by atoms with Gasteiger partial charge in [0.1, 0.15) is 0 Å². The summed E-state index contributed by atoms with van der Waals surface area (Å²) in [6, 6.07) is 14.8. The summed E-state index contributed by atoms with van der Waals surface area (Å²) < 4.78 is 0. The van der Waals surface area contributed by atoms with Gasteiger partial charge in [0.25, 0.3) is 0 Å². The average Bonchev–Trinajstić information content (AvgIpc) is 2.50. The van der Waals surface area contributed by atoms with Crippen molar-refractivity contribution in [2.75, 3.05) is 0 Å². The Kier molecular flexibility index (Phi) is 2.42. The van der Waals surface area contributed by atoms with Gasteiger partial charge in [0.05, 0.1) is 0 Å². The highest BCUT2D eigenvalue weighted by Crippen LogP contribution is 2.38. The van der Waals surface area contributed by atoms with E-state index in [4.69, 9.17) is 0 Å². The predicted molar refractivity (Wildman–Crippen MR) is 73.7 cm³/mol. The van der Waals surface area contributed by atoms with Gasteiger partial charge >= 0.3 is 0 Å². The van der Waals surface area contributed by atoms with Crippen LogP contribution in [0.1, 0.15) is 45.7 Å². The molecule has 0 bridgehead atoms. The third-order valence-corrected chi connectivity index (χ3v) is 3.90. The monoisotopic (exact) mass is 250 g/mol. The first kappa shape index (κ1) is 11.8. The maximum absolute atomic E-state index is 12.3. The summed E-state index contributed by atoms with van der Waals surface area (Å²) in [5, 5.41) is 0. The van der Waals surface area contributed by atoms with Crippen molar-refractivity contribution >= 4 is 11.6 Å². The molecule has 94 valence electrons. The Morgan fingerprint density at radius 2 is 1.05 bits per heavy atom. The number of ketones is 2. The van der Waals surface area contributed by atoms with E-state index < -0.39 is 11.6 Å². The van der Waals surface area contributed by atoms with E-state index in [9.17, 15) is 9.59 Å². The second kappa shape index (κ2) is 3.89. The molecule has 2 aromatic rings. The molecule has 1 aliphatic rings. The second-order valence-corrected chi connectivity index (χ2v) is 5.37. The first-order valence-corrected chi connectivity index (χ1v) is 6.31. The van der Waals surface area contributed by atoms with Gasteiger partial charge in [0.15, 0.2) is 0 Å². The Bertz CT molecular complexity index is 636. The van der Waals surface area contributed by atoms with Crippen molar-refractivity contribution in [3.05, 3.63) is 70.8 Å². The Morgan fingerprint density at radius 1 is 0.684 bits per heavy atom. The van der Waals surface area contributed by atoms with Gasteiger partial charge in [0.2, 0.25) is 11.6 Å². The van der Waals surface area contributed by atoms with Gasteiger partial charge in [0, 0.05) is 16.5 Å². The topological polar surface area (TPSA) is 34.1 Å². The zero-order valence-electron chi connectivity index (χ0n) is 10.9. The minimum Gasteiger partial charge on any atom is -0.285 e. The molecule has 0 amide bonds. The van der Waals surface area contributed by atoms with Crippen LogP contribution in [0.15, 0.2) is 48.5 Å². The van der Waals surface area contributed by atoms with E-state index in [0.717, 1.165) is 11.1 Å². The lowest BCUT2D eigenvalue weighted by Gasteiger charge is -2.27. The molecule has 2 nitrogen and oxygen atoms in total. The zero-order valence-corrected chi connectivity index (χ0v) is 10.9. The molecule has 0 saturated carbocycles. The van der Waals surface area contributed by atoms with E-state index in [1.54, 1.807) is 24.3 Å². The van der Waals surface area contributed by atoms with Crippen LogP contribution < -0.4 is 0 Å². The molecule has 19 heavy (non-hydrogen) atoms. The van der Waals surface area contributed by atoms with Crippen molar-refractivity contribution in [1.82, 2.24) is 0 Å². The highest BCUT2D eigenvalue weighted by molar-refractivity contribution is 6.50. The molecule has 0 saturated heterocycles. The molecule has 0 fully saturated rings. The van der Waals surface area contributed by atoms with Crippen molar-refractivity contribution < 1.29 is 9.59 Å². The highest BCUT2D eigenvalue weighted by atomic mass is 16.2. The SMILES string of the molecule is CC1(C)c2ccccc2C(=O)C(=O)c2ccccc21. The van der Waals surface area contributed by atoms with Crippen molar-refractivity contribution in [1.29, 1.82) is 0 Å². The number of carbonyl (C=O) groups is 2. The molecule has 2 aromatic carbocycles. The smallest absolute Gasteiger partial charge is 0.233 e. The predicted octanol–water partition coefficient (Wildman–Crippen LogP) is 3.39. The lowest BCUT2D eigenvalue weighted by molar-refractivity contribution is 0.0817. The molecule has 0 radical (unpaired) electrons. The number of benzene rings is 2. The van der Waals surface area contributed by atoms with Crippen molar-refractivity contribution in [2.24, 2.45) is 0 Å². The molecule has 0 aliphatic heterocycles. The van der Waals surface area contributed by atoms with Gasteiger partial charge in [-0.25, -0.2) is 0 Å². The molecule has 0 spiro atoms. The zero-order chi connectivity index (χ0) is 13.6. The van der Waals surface area contributed by atoms with E-state index in [1.165, 1.54) is 0 Å². The number of fused-ring (bicyclic) bond motifs is 2. The second-order valence-electron chi connectivity index (χ2n) is 5.37. The Hall–Kier alpha value is -2.22. The molecule has 2 heteroatoms. The van der Waals surface area contributed by atoms with Crippen molar-refractivity contribution in [3.8, 4) is 0 Å². The summed E-state index contributed by atoms with van der Waals surface area (Å²) in [5.74, 6) is -0.817. The van der Waals surface area contributed by atoms with E-state index in [2.05, 4.69) is 13.8 Å². The van der Waals surface area contributed by atoms with E-state index in [0.29, 0.717) is 11.1 Å². The summed E-state index contributed by atoms with van der Waals surface area (Å²) in [6.45, 7) is 4.10. The lowest BCUT2D eigenvalue weighted by Crippen LogP contribution is -2.20. The largest absolute Gasteiger partial charge is 0.285 e. The Balaban J connectivity index is 2.43. The van der Waals surface area contributed by atoms with Crippen molar-refractivity contribution in [3.63, 3.8) is 0 Å². The summed E-state index contributed by atoms with van der Waals surface area (Å²) in [6.07, 6.45) is 0. The first-order chi connectivity index (χ1) is 9.03. The van der Waals surface area contributed by atoms with Gasteiger partial charge < -0.3 is 0 Å². The summed E-state index contributed by atoms with van der Waals surface area (Å²) in [5.41, 5.74) is 2.52. The van der Waals surface area contributed by atoms with Gasteiger partial charge in [-0.1, -0.05) is 62.4 Å². The maximum Gasteiger partial charge on any atom is 0.233 e. The van der Waals surface area contributed by atoms with Crippen LogP contribution in [0.2, 0.25) is 0 Å². The van der Waals surface area contributed by atoms with Crippen LogP contribution in [0.5, 0.6) is 0 Å². The third-order valence-electron chi connectivity index (χ3n) is 3.90. The Labute approximate surface area is 112 Å². The fraction of sp³-hybridized carbons (Fsp3) is 0.176. The Morgan fingerprint density at radius 3 is 1.47 bits per heavy atom. The summed E-state index contributed by atoms with van der Waals surface area (Å²) in [7, 11) is 0. The minimum atomic E-state index is -0.409. The maximum atomic E-state index is 12.3. The lowest BCUT2D eigenvalue weighted by atomic mass is 9.76. The summed E-state index contributed by atoms with van der Waals surface area (Å²) in [4.78, 5) is 24.7. The number of hydrogen-bond acceptors (Lipinski definition) is 2. The highest BCUT2D eigenvalue weighted by Gasteiger charge is 2.37. The molecule has 0 unspecified atom stereocenters. The van der Waals surface area contributed by atoms with Crippen LogP contribution in [0.3, 0.4) is 0 Å². The van der Waals surface area contributed by atoms with E-state index >= 15 is 0 Å². The third kappa shape index (κ3) is 1.56. The molecule has 1 aliphatic carbocycles. The normalized spacial score (nSPS) is 16.5. The van der Waals surface area contributed by atoms with Crippen LogP contribution >= 0.6 is 0 Å². The van der Waals surface area contributed by atoms with Crippen LogP contribution in [0.4, 0.5) is 0 Å². The number of hydrogen-bond donors (Lipinski definition) is 0. The fourth-order valence-electron chi connectivity index (χ4n) is 2.84. The summed E-state index contributed by atoms with van der Waals surface area (Å²) >= 11 is 0. The van der Waals surface area contributed by atoms with Crippen LogP contribution in [-0.2, 0) is 5.41 Å². The van der Waals surface area contributed by atoms with E-state index in [1.807, 2.05) is 24.3 Å². The van der Waals surface area contributed by atoms with Gasteiger partial charge in [-0.3, -0.25) is 9.59 Å². The van der Waals surface area contributed by atoms with Crippen LogP contribution in [0, 0.1) is 0 Å². The van der Waals surface area contributed by atoms with Gasteiger partial charge in [-0.2, -0.15) is 0 Å².